The molecule has 0 saturated heterocycles. The largest absolute Gasteiger partial charge is 0.493 e. The van der Waals surface area contributed by atoms with E-state index in [0.717, 1.165) is 5.56 Å². The quantitative estimate of drug-likeness (QED) is 0.809. The molecular weight excluding hydrogens is 314 g/mol. The molecule has 0 fully saturated rings. The number of rotatable bonds is 6. The van der Waals surface area contributed by atoms with Crippen LogP contribution in [0.15, 0.2) is 16.6 Å². The first-order valence-corrected chi connectivity index (χ1v) is 6.66. The maximum absolute atomic E-state index is 11.4. The van der Waals surface area contributed by atoms with Crippen LogP contribution in [0, 0.1) is 0 Å². The molecule has 0 unspecified atom stereocenters. The van der Waals surface area contributed by atoms with Crippen molar-refractivity contribution in [1.29, 1.82) is 0 Å². The lowest BCUT2D eigenvalue weighted by Gasteiger charge is -2.14. The Morgan fingerprint density at radius 3 is 2.63 bits per heavy atom. The third-order valence-corrected chi connectivity index (χ3v) is 2.82. The van der Waals surface area contributed by atoms with Crippen molar-refractivity contribution >= 4 is 21.9 Å². The van der Waals surface area contributed by atoms with Gasteiger partial charge in [0.2, 0.25) is 0 Å². The van der Waals surface area contributed by atoms with Gasteiger partial charge in [0.25, 0.3) is 0 Å². The Hall–Kier alpha value is -1.27. The van der Waals surface area contributed by atoms with Crippen molar-refractivity contribution in [3.05, 3.63) is 22.2 Å². The minimum Gasteiger partial charge on any atom is -0.493 e. The Kier molecular flexibility index (Phi) is 6.11. The summed E-state index contributed by atoms with van der Waals surface area (Å²) >= 11 is 3.37. The zero-order valence-electron chi connectivity index (χ0n) is 11.2. The molecular formula is C13H18BrNO4. The summed E-state index contributed by atoms with van der Waals surface area (Å²) in [5, 5.41) is 0. The number of ether oxygens (including phenoxy) is 3. The van der Waals surface area contributed by atoms with Gasteiger partial charge < -0.3 is 19.9 Å². The number of esters is 1. The third kappa shape index (κ3) is 4.72. The van der Waals surface area contributed by atoms with Gasteiger partial charge in [-0.15, -0.1) is 0 Å². The summed E-state index contributed by atoms with van der Waals surface area (Å²) in [4.78, 5) is 11.4. The van der Waals surface area contributed by atoms with E-state index in [2.05, 4.69) is 15.9 Å². The monoisotopic (exact) mass is 331 g/mol. The average molecular weight is 332 g/mol. The third-order valence-electron chi connectivity index (χ3n) is 2.23. The molecule has 0 aliphatic rings. The molecule has 0 radical (unpaired) electrons. The predicted octanol–water partition coefficient (Wildman–Crippen LogP) is 2.25. The first-order valence-electron chi connectivity index (χ1n) is 5.86. The summed E-state index contributed by atoms with van der Waals surface area (Å²) in [6, 6.07) is 3.60. The van der Waals surface area contributed by atoms with Crippen molar-refractivity contribution < 1.29 is 19.0 Å². The highest BCUT2D eigenvalue weighted by atomic mass is 79.9. The minimum absolute atomic E-state index is 0.166. The second-order valence-corrected chi connectivity index (χ2v) is 4.99. The molecule has 106 valence electrons. The molecule has 5 nitrogen and oxygen atoms in total. The van der Waals surface area contributed by atoms with Crippen LogP contribution < -0.4 is 15.2 Å². The molecule has 2 N–H and O–H groups in total. The summed E-state index contributed by atoms with van der Waals surface area (Å²) in [5.74, 6) is 0.555. The fraction of sp³-hybridized carbons (Fsp3) is 0.462. The number of hydrogen-bond donors (Lipinski definition) is 1. The van der Waals surface area contributed by atoms with Gasteiger partial charge >= 0.3 is 5.97 Å². The molecule has 0 aliphatic heterocycles. The molecule has 0 aromatic heterocycles. The molecule has 0 saturated carbocycles. The van der Waals surface area contributed by atoms with E-state index >= 15 is 0 Å². The van der Waals surface area contributed by atoms with E-state index < -0.39 is 5.97 Å². The minimum atomic E-state index is -0.424. The number of carbonyl (C=O) groups is 1. The number of carbonyl (C=O) groups excluding carboxylic acids is 1. The maximum Gasteiger partial charge on any atom is 0.344 e. The molecule has 0 amide bonds. The first-order chi connectivity index (χ1) is 8.97. The van der Waals surface area contributed by atoms with Crippen molar-refractivity contribution in [3.8, 4) is 11.5 Å². The van der Waals surface area contributed by atoms with Gasteiger partial charge in [-0.2, -0.15) is 0 Å². The van der Waals surface area contributed by atoms with Crippen LogP contribution in [-0.2, 0) is 16.1 Å². The van der Waals surface area contributed by atoms with Gasteiger partial charge in [0.15, 0.2) is 18.1 Å². The zero-order chi connectivity index (χ0) is 14.4. The molecule has 1 aromatic rings. The van der Waals surface area contributed by atoms with Crippen molar-refractivity contribution in [3.63, 3.8) is 0 Å². The van der Waals surface area contributed by atoms with Gasteiger partial charge in [0.05, 0.1) is 17.7 Å². The van der Waals surface area contributed by atoms with Gasteiger partial charge in [-0.05, 0) is 47.5 Å². The van der Waals surface area contributed by atoms with E-state index in [1.54, 1.807) is 19.9 Å². The highest BCUT2D eigenvalue weighted by Gasteiger charge is 2.14. The van der Waals surface area contributed by atoms with Crippen molar-refractivity contribution in [2.75, 3.05) is 13.7 Å². The number of methoxy groups -OCH3 is 1. The van der Waals surface area contributed by atoms with Crippen molar-refractivity contribution in [1.82, 2.24) is 0 Å². The summed E-state index contributed by atoms with van der Waals surface area (Å²) in [7, 11) is 1.53. The number of benzene rings is 1. The lowest BCUT2D eigenvalue weighted by molar-refractivity contribution is -0.149. The highest BCUT2D eigenvalue weighted by molar-refractivity contribution is 9.10. The van der Waals surface area contributed by atoms with E-state index in [-0.39, 0.29) is 12.7 Å². The van der Waals surface area contributed by atoms with E-state index in [4.69, 9.17) is 19.9 Å². The Morgan fingerprint density at radius 1 is 1.42 bits per heavy atom. The summed E-state index contributed by atoms with van der Waals surface area (Å²) < 4.78 is 16.3. The molecule has 0 heterocycles. The maximum atomic E-state index is 11.4. The summed E-state index contributed by atoms with van der Waals surface area (Å²) in [6.07, 6.45) is -0.166. The van der Waals surface area contributed by atoms with Crippen LogP contribution in [0.3, 0.4) is 0 Å². The van der Waals surface area contributed by atoms with E-state index in [9.17, 15) is 4.79 Å². The SMILES string of the molecule is COc1cc(CN)cc(Br)c1OCC(=O)OC(C)C. The number of nitrogens with two attached hydrogens (primary N) is 1. The Morgan fingerprint density at radius 2 is 2.11 bits per heavy atom. The standard InChI is InChI=1S/C13H18BrNO4/c1-8(2)19-12(16)7-18-13-10(14)4-9(6-15)5-11(13)17-3/h4-5,8H,6-7,15H2,1-3H3. The molecule has 19 heavy (non-hydrogen) atoms. The second-order valence-electron chi connectivity index (χ2n) is 4.14. The molecule has 0 atom stereocenters. The van der Waals surface area contributed by atoms with Crippen LogP contribution in [0.4, 0.5) is 0 Å². The van der Waals surface area contributed by atoms with Crippen LogP contribution in [0.5, 0.6) is 11.5 Å². The fourth-order valence-electron chi connectivity index (χ4n) is 1.46. The van der Waals surface area contributed by atoms with E-state index in [0.29, 0.717) is 22.5 Å². The van der Waals surface area contributed by atoms with Gasteiger partial charge in [0.1, 0.15) is 0 Å². The molecule has 0 spiro atoms. The molecule has 1 rings (SSSR count). The highest BCUT2D eigenvalue weighted by Crippen LogP contribution is 2.36. The number of hydrogen-bond acceptors (Lipinski definition) is 5. The van der Waals surface area contributed by atoms with Gasteiger partial charge in [-0.1, -0.05) is 0 Å². The topological polar surface area (TPSA) is 70.8 Å². The van der Waals surface area contributed by atoms with Crippen LogP contribution in [0.2, 0.25) is 0 Å². The van der Waals surface area contributed by atoms with Crippen molar-refractivity contribution in [2.45, 2.75) is 26.5 Å². The molecule has 6 heteroatoms. The Labute approximate surface area is 121 Å². The van der Waals surface area contributed by atoms with Crippen LogP contribution in [-0.4, -0.2) is 25.8 Å². The summed E-state index contributed by atoms with van der Waals surface area (Å²) in [6.45, 7) is 3.79. The van der Waals surface area contributed by atoms with E-state index in [1.165, 1.54) is 7.11 Å². The van der Waals surface area contributed by atoms with Crippen LogP contribution >= 0.6 is 15.9 Å². The van der Waals surface area contributed by atoms with E-state index in [1.807, 2.05) is 6.07 Å². The Bertz CT molecular complexity index is 449. The fourth-order valence-corrected chi connectivity index (χ4v) is 2.06. The summed E-state index contributed by atoms with van der Waals surface area (Å²) in [5.41, 5.74) is 6.48. The molecule has 0 bridgehead atoms. The van der Waals surface area contributed by atoms with Crippen LogP contribution in [0.25, 0.3) is 0 Å². The second kappa shape index (κ2) is 7.35. The lowest BCUT2D eigenvalue weighted by atomic mass is 10.2. The molecule has 1 aromatic carbocycles. The van der Waals surface area contributed by atoms with Gasteiger partial charge in [0, 0.05) is 6.54 Å². The van der Waals surface area contributed by atoms with Crippen molar-refractivity contribution in [2.24, 2.45) is 5.73 Å². The first kappa shape index (κ1) is 15.8. The Balaban J connectivity index is 2.80. The van der Waals surface area contributed by atoms with Crippen LogP contribution in [0.1, 0.15) is 19.4 Å². The number of halogens is 1. The lowest BCUT2D eigenvalue weighted by Crippen LogP contribution is -2.19. The zero-order valence-corrected chi connectivity index (χ0v) is 12.8. The smallest absolute Gasteiger partial charge is 0.344 e. The normalized spacial score (nSPS) is 10.4. The molecule has 0 aliphatic carbocycles. The van der Waals surface area contributed by atoms with Gasteiger partial charge in [-0.25, -0.2) is 4.79 Å². The van der Waals surface area contributed by atoms with Gasteiger partial charge in [-0.3, -0.25) is 0 Å². The predicted molar refractivity (Wildman–Crippen MR) is 75.3 cm³/mol. The average Bonchev–Trinajstić information content (AvgIpc) is 2.35.